The molecule has 25 heavy (non-hydrogen) atoms. The maximum absolute atomic E-state index is 13.6. The van der Waals surface area contributed by atoms with Crippen LogP contribution >= 0.6 is 0 Å². The van der Waals surface area contributed by atoms with Gasteiger partial charge >= 0.3 is 0 Å². The first-order valence-corrected chi connectivity index (χ1v) is 8.16. The number of hydrogen-bond donors (Lipinski definition) is 0. The minimum absolute atomic E-state index is 0.0677. The number of piperidine rings is 1. The summed E-state index contributed by atoms with van der Waals surface area (Å²) in [5, 5.41) is 8.93. The van der Waals surface area contributed by atoms with Crippen molar-refractivity contribution in [3.8, 4) is 6.07 Å². The molecule has 1 aromatic carbocycles. The zero-order valence-electron chi connectivity index (χ0n) is 13.7. The van der Waals surface area contributed by atoms with E-state index in [9.17, 15) is 9.18 Å². The number of pyridine rings is 1. The lowest BCUT2D eigenvalue weighted by Gasteiger charge is -2.32. The standard InChI is InChI=1S/C19H18FN3O2/c20-17-8-15(10-21)7-16(9-17)19(24)23-6-2-4-18(12-23)25-13-14-3-1-5-22-11-14/h1,3,5,7-9,11,18H,2,4,6,12-13H2/t18-/m0/s1. The highest BCUT2D eigenvalue weighted by atomic mass is 19.1. The van der Waals surface area contributed by atoms with Crippen molar-refractivity contribution in [2.24, 2.45) is 0 Å². The molecule has 1 saturated heterocycles. The van der Waals surface area contributed by atoms with Crippen molar-refractivity contribution in [3.05, 3.63) is 65.2 Å². The Kier molecular flexibility index (Phi) is 5.36. The summed E-state index contributed by atoms with van der Waals surface area (Å²) in [7, 11) is 0. The summed E-state index contributed by atoms with van der Waals surface area (Å²) in [5.74, 6) is -0.852. The Morgan fingerprint density at radius 2 is 2.32 bits per heavy atom. The molecule has 1 aliphatic rings. The molecule has 0 unspecified atom stereocenters. The lowest BCUT2D eigenvalue weighted by molar-refractivity contribution is -0.00682. The second-order valence-corrected chi connectivity index (χ2v) is 6.03. The van der Waals surface area contributed by atoms with Gasteiger partial charge in [-0.15, -0.1) is 0 Å². The molecule has 1 aliphatic heterocycles. The van der Waals surface area contributed by atoms with Crippen LogP contribution in [0.1, 0.15) is 34.3 Å². The van der Waals surface area contributed by atoms with E-state index in [2.05, 4.69) is 4.98 Å². The van der Waals surface area contributed by atoms with E-state index in [1.807, 2.05) is 18.2 Å². The van der Waals surface area contributed by atoms with E-state index in [0.29, 0.717) is 19.7 Å². The van der Waals surface area contributed by atoms with Gasteiger partial charge in [0.2, 0.25) is 0 Å². The first-order chi connectivity index (χ1) is 12.2. The Morgan fingerprint density at radius 3 is 3.08 bits per heavy atom. The largest absolute Gasteiger partial charge is 0.372 e. The number of ether oxygens (including phenoxy) is 1. The number of rotatable bonds is 4. The number of benzene rings is 1. The normalized spacial score (nSPS) is 17.1. The second kappa shape index (κ2) is 7.86. The van der Waals surface area contributed by atoms with E-state index >= 15 is 0 Å². The molecule has 1 atom stereocenters. The fourth-order valence-electron chi connectivity index (χ4n) is 2.92. The predicted octanol–water partition coefficient (Wildman–Crippen LogP) is 2.91. The quantitative estimate of drug-likeness (QED) is 0.859. The second-order valence-electron chi connectivity index (χ2n) is 6.03. The average molecular weight is 339 g/mol. The summed E-state index contributed by atoms with van der Waals surface area (Å²) in [6, 6.07) is 9.37. The maximum atomic E-state index is 13.6. The molecule has 1 aromatic heterocycles. The number of carbonyl (C=O) groups is 1. The van der Waals surface area contributed by atoms with Crippen LogP contribution < -0.4 is 0 Å². The van der Waals surface area contributed by atoms with Crippen LogP contribution in [0.5, 0.6) is 0 Å². The molecule has 0 saturated carbocycles. The van der Waals surface area contributed by atoms with Crippen LogP contribution in [0.2, 0.25) is 0 Å². The van der Waals surface area contributed by atoms with Gasteiger partial charge in [0, 0.05) is 31.0 Å². The number of aromatic nitrogens is 1. The zero-order chi connectivity index (χ0) is 17.6. The van der Waals surface area contributed by atoms with Gasteiger partial charge < -0.3 is 9.64 Å². The van der Waals surface area contributed by atoms with Crippen molar-refractivity contribution in [1.29, 1.82) is 5.26 Å². The van der Waals surface area contributed by atoms with E-state index < -0.39 is 5.82 Å². The molecule has 0 N–H and O–H groups in total. The molecular weight excluding hydrogens is 321 g/mol. The van der Waals surface area contributed by atoms with Crippen LogP contribution in [-0.4, -0.2) is 35.0 Å². The van der Waals surface area contributed by atoms with Crippen LogP contribution in [0.3, 0.4) is 0 Å². The molecule has 128 valence electrons. The summed E-state index contributed by atoms with van der Waals surface area (Å²) >= 11 is 0. The third-order valence-electron chi connectivity index (χ3n) is 4.15. The SMILES string of the molecule is N#Cc1cc(F)cc(C(=O)N2CCC[C@H](OCc3cccnc3)C2)c1. The topological polar surface area (TPSA) is 66.2 Å². The van der Waals surface area contributed by atoms with E-state index in [-0.39, 0.29) is 23.1 Å². The molecule has 2 aromatic rings. The highest BCUT2D eigenvalue weighted by Crippen LogP contribution is 2.18. The Labute approximate surface area is 145 Å². The highest BCUT2D eigenvalue weighted by molar-refractivity contribution is 5.94. The molecule has 0 bridgehead atoms. The number of hydrogen-bond acceptors (Lipinski definition) is 4. The first-order valence-electron chi connectivity index (χ1n) is 8.16. The molecule has 2 heterocycles. The third kappa shape index (κ3) is 4.40. The van der Waals surface area contributed by atoms with Gasteiger partial charge in [-0.25, -0.2) is 4.39 Å². The molecule has 5 nitrogen and oxygen atoms in total. The van der Waals surface area contributed by atoms with Gasteiger partial charge in [-0.2, -0.15) is 5.26 Å². The van der Waals surface area contributed by atoms with Crippen molar-refractivity contribution < 1.29 is 13.9 Å². The summed E-state index contributed by atoms with van der Waals surface area (Å²) < 4.78 is 19.5. The monoisotopic (exact) mass is 339 g/mol. The highest BCUT2D eigenvalue weighted by Gasteiger charge is 2.25. The van der Waals surface area contributed by atoms with Crippen LogP contribution in [0.4, 0.5) is 4.39 Å². The summed E-state index contributed by atoms with van der Waals surface area (Å²) in [5.41, 5.74) is 1.32. The summed E-state index contributed by atoms with van der Waals surface area (Å²) in [6.07, 6.45) is 5.09. The first kappa shape index (κ1) is 17.1. The molecule has 3 rings (SSSR count). The Balaban J connectivity index is 1.64. The summed E-state index contributed by atoms with van der Waals surface area (Å²) in [6.45, 7) is 1.50. The van der Waals surface area contributed by atoms with Gasteiger partial charge in [-0.05, 0) is 42.7 Å². The van der Waals surface area contributed by atoms with E-state index in [0.717, 1.165) is 24.5 Å². The number of halogens is 1. The fourth-order valence-corrected chi connectivity index (χ4v) is 2.92. The lowest BCUT2D eigenvalue weighted by Crippen LogP contribution is -2.43. The molecule has 0 spiro atoms. The fraction of sp³-hybridized carbons (Fsp3) is 0.316. The number of nitriles is 1. The van der Waals surface area contributed by atoms with Crippen molar-refractivity contribution in [3.63, 3.8) is 0 Å². The van der Waals surface area contributed by atoms with Crippen molar-refractivity contribution in [1.82, 2.24) is 9.88 Å². The number of likely N-dealkylation sites (tertiary alicyclic amines) is 1. The van der Waals surface area contributed by atoms with Gasteiger partial charge in [0.05, 0.1) is 24.3 Å². The Hall–Kier alpha value is -2.78. The van der Waals surface area contributed by atoms with Gasteiger partial charge in [0.1, 0.15) is 5.82 Å². The van der Waals surface area contributed by atoms with E-state index in [1.165, 1.54) is 12.1 Å². The average Bonchev–Trinajstić information content (AvgIpc) is 2.66. The molecule has 6 heteroatoms. The van der Waals surface area contributed by atoms with E-state index in [4.69, 9.17) is 10.00 Å². The minimum atomic E-state index is -0.580. The van der Waals surface area contributed by atoms with Crippen molar-refractivity contribution in [2.75, 3.05) is 13.1 Å². The Bertz CT molecular complexity index is 789. The minimum Gasteiger partial charge on any atom is -0.372 e. The number of nitrogens with zero attached hydrogens (tertiary/aromatic N) is 3. The van der Waals surface area contributed by atoms with Crippen LogP contribution in [0.15, 0.2) is 42.7 Å². The van der Waals surface area contributed by atoms with Gasteiger partial charge in [-0.3, -0.25) is 9.78 Å². The van der Waals surface area contributed by atoms with E-state index in [1.54, 1.807) is 17.3 Å². The molecule has 0 aliphatic carbocycles. The van der Waals surface area contributed by atoms with Gasteiger partial charge in [-0.1, -0.05) is 6.07 Å². The van der Waals surface area contributed by atoms with Gasteiger partial charge in [0.15, 0.2) is 0 Å². The molecular formula is C19H18FN3O2. The van der Waals surface area contributed by atoms with Crippen molar-refractivity contribution in [2.45, 2.75) is 25.6 Å². The lowest BCUT2D eigenvalue weighted by atomic mass is 10.1. The third-order valence-corrected chi connectivity index (χ3v) is 4.15. The smallest absolute Gasteiger partial charge is 0.254 e. The maximum Gasteiger partial charge on any atom is 0.254 e. The van der Waals surface area contributed by atoms with Gasteiger partial charge in [0.25, 0.3) is 5.91 Å². The Morgan fingerprint density at radius 1 is 1.44 bits per heavy atom. The number of carbonyl (C=O) groups excluding carboxylic acids is 1. The zero-order valence-corrected chi connectivity index (χ0v) is 13.7. The van der Waals surface area contributed by atoms with Crippen molar-refractivity contribution >= 4 is 5.91 Å². The van der Waals surface area contributed by atoms with Crippen LogP contribution in [0, 0.1) is 17.1 Å². The predicted molar refractivity (Wildman–Crippen MR) is 89.1 cm³/mol. The molecule has 1 amide bonds. The molecule has 1 fully saturated rings. The number of amides is 1. The van der Waals surface area contributed by atoms with Crippen LogP contribution in [0.25, 0.3) is 0 Å². The van der Waals surface area contributed by atoms with Crippen LogP contribution in [-0.2, 0) is 11.3 Å². The molecule has 0 radical (unpaired) electrons. The summed E-state index contributed by atoms with van der Waals surface area (Å²) in [4.78, 5) is 18.3.